The molecule has 2 aromatic rings. The Balaban J connectivity index is 0.000000224. The minimum absolute atomic E-state index is 0.977. The van der Waals surface area contributed by atoms with E-state index < -0.39 is 7.81 Å². The molecule has 0 aliphatic rings. The van der Waals surface area contributed by atoms with Gasteiger partial charge >= 0.3 is 33.0 Å². The molecule has 0 saturated carbocycles. The first-order valence-electron chi connectivity index (χ1n) is 4.92. The van der Waals surface area contributed by atoms with Gasteiger partial charge in [0.2, 0.25) is 5.51 Å². The van der Waals surface area contributed by atoms with Gasteiger partial charge in [-0.15, -0.1) is 0 Å². The van der Waals surface area contributed by atoms with E-state index in [9.17, 15) is 25.2 Å². The van der Waals surface area contributed by atoms with E-state index in [0.717, 1.165) is 6.54 Å². The smallest absolute Gasteiger partial charge is 0.191 e. The molecule has 19 heavy (non-hydrogen) atoms. The topological polar surface area (TPSA) is 3.88 Å². The zero-order valence-corrected chi connectivity index (χ0v) is 11.1. The molecule has 0 saturated heterocycles. The van der Waals surface area contributed by atoms with Gasteiger partial charge in [-0.25, -0.2) is 0 Å². The number of thiazole rings is 1. The van der Waals surface area contributed by atoms with Gasteiger partial charge in [-0.05, 0) is 0 Å². The van der Waals surface area contributed by atoms with Gasteiger partial charge in [0.15, 0.2) is 12.7 Å². The fraction of sp³-hybridized carbons (Fsp3) is 0.100. The molecule has 2 rings (SSSR count). The number of nitrogens with zero attached hydrogens (tertiary/aromatic N) is 1. The molecular formula is C10H10F6NPS. The first kappa shape index (κ1) is 15.9. The largest absolute Gasteiger partial charge is 0.224 e. The van der Waals surface area contributed by atoms with Gasteiger partial charge in [-0.2, -0.15) is 4.57 Å². The number of hydrogen-bond donors (Lipinski definition) is 0. The summed E-state index contributed by atoms with van der Waals surface area (Å²) in [4.78, 5) is 0. The van der Waals surface area contributed by atoms with E-state index in [0.29, 0.717) is 0 Å². The summed E-state index contributed by atoms with van der Waals surface area (Å²) < 4.78 is 61.4. The van der Waals surface area contributed by atoms with Crippen molar-refractivity contribution in [1.82, 2.24) is 0 Å². The maximum Gasteiger partial charge on any atom is 0.224 e. The monoisotopic (exact) mass is 321 g/mol. The Hall–Kier alpha value is -1.14. The summed E-state index contributed by atoms with van der Waals surface area (Å²) in [6, 6.07) is 10.5. The van der Waals surface area contributed by atoms with E-state index >= 15 is 0 Å². The Bertz CT molecular complexity index is 496. The van der Waals surface area contributed by atoms with Crippen molar-refractivity contribution in [2.45, 2.75) is 6.54 Å². The summed E-state index contributed by atoms with van der Waals surface area (Å²) >= 11 is 1.72. The van der Waals surface area contributed by atoms with E-state index in [1.54, 1.807) is 11.3 Å². The Morgan fingerprint density at radius 3 is 1.89 bits per heavy atom. The van der Waals surface area contributed by atoms with Crippen LogP contribution in [0.2, 0.25) is 0 Å². The number of benzene rings is 1. The van der Waals surface area contributed by atoms with Crippen LogP contribution >= 0.6 is 19.1 Å². The molecule has 0 spiro atoms. The van der Waals surface area contributed by atoms with Crippen LogP contribution in [0.3, 0.4) is 0 Å². The molecule has 1 heterocycles. The summed E-state index contributed by atoms with van der Waals surface area (Å²) in [5.74, 6) is 0. The standard InChI is InChI=1S/C10H10NS.F6P/c1-2-4-10(5-3-1)8-11-6-7-12-9-11;1-7(2,3,4,5)6/h1-7,9H,8H2;/q+1;-1. The van der Waals surface area contributed by atoms with E-state index in [1.165, 1.54) is 5.56 Å². The van der Waals surface area contributed by atoms with Gasteiger partial charge < -0.3 is 0 Å². The quantitative estimate of drug-likeness (QED) is 0.392. The van der Waals surface area contributed by atoms with Crippen LogP contribution in [0.25, 0.3) is 0 Å². The van der Waals surface area contributed by atoms with Gasteiger partial charge in [0.1, 0.15) is 0 Å². The van der Waals surface area contributed by atoms with Crippen LogP contribution in [0.1, 0.15) is 5.56 Å². The Labute approximate surface area is 109 Å². The molecule has 0 aliphatic carbocycles. The van der Waals surface area contributed by atoms with Crippen LogP contribution in [0.4, 0.5) is 25.2 Å². The number of rotatable bonds is 2. The molecule has 0 aliphatic heterocycles. The second-order valence-electron chi connectivity index (χ2n) is 3.64. The minimum atomic E-state index is -10.7. The van der Waals surface area contributed by atoms with Crippen molar-refractivity contribution in [2.24, 2.45) is 0 Å². The summed E-state index contributed by atoms with van der Waals surface area (Å²) in [5, 5.41) is 2.09. The Morgan fingerprint density at radius 2 is 1.47 bits per heavy atom. The molecule has 1 aromatic carbocycles. The predicted molar refractivity (Wildman–Crippen MR) is 63.6 cm³/mol. The van der Waals surface area contributed by atoms with Crippen LogP contribution < -0.4 is 4.57 Å². The minimum Gasteiger partial charge on any atom is -0.191 e. The van der Waals surface area contributed by atoms with Crippen LogP contribution in [0, 0.1) is 0 Å². The van der Waals surface area contributed by atoms with Crippen LogP contribution in [0.5, 0.6) is 0 Å². The van der Waals surface area contributed by atoms with Crippen molar-refractivity contribution in [3.63, 3.8) is 0 Å². The Kier molecular flexibility index (Phi) is 3.98. The van der Waals surface area contributed by atoms with E-state index in [4.69, 9.17) is 0 Å². The van der Waals surface area contributed by atoms with Crippen LogP contribution in [-0.2, 0) is 6.54 Å². The average molecular weight is 321 g/mol. The van der Waals surface area contributed by atoms with Gasteiger partial charge in [0.25, 0.3) is 0 Å². The summed E-state index contributed by atoms with van der Waals surface area (Å²) in [6.07, 6.45) is 2.09. The normalized spacial score (nSPS) is 14.8. The second kappa shape index (κ2) is 4.76. The summed E-state index contributed by atoms with van der Waals surface area (Å²) in [5.41, 5.74) is 3.47. The average Bonchev–Trinajstić information content (AvgIpc) is 2.67. The molecule has 0 fully saturated rings. The third kappa shape index (κ3) is 11.7. The molecular weight excluding hydrogens is 311 g/mol. The van der Waals surface area contributed by atoms with Crippen molar-refractivity contribution in [3.8, 4) is 0 Å². The fourth-order valence-electron chi connectivity index (χ4n) is 1.15. The molecule has 108 valence electrons. The number of aromatic nitrogens is 1. The molecule has 1 aromatic heterocycles. The van der Waals surface area contributed by atoms with Gasteiger partial charge in [0.05, 0.1) is 5.38 Å². The molecule has 0 amide bonds. The molecule has 0 radical (unpaired) electrons. The maximum absolute atomic E-state index is 10.7. The van der Waals surface area contributed by atoms with Crippen molar-refractivity contribution in [1.29, 1.82) is 0 Å². The SMILES string of the molecule is F[P-](F)(F)(F)(F)F.c1ccc(C[n+]2ccsc2)cc1. The second-order valence-corrected chi connectivity index (χ2v) is 6.31. The molecule has 1 nitrogen and oxygen atoms in total. The van der Waals surface area contributed by atoms with Crippen LogP contribution in [0.15, 0.2) is 47.4 Å². The summed E-state index contributed by atoms with van der Waals surface area (Å²) in [6.45, 7) is 0.977. The van der Waals surface area contributed by atoms with Crippen molar-refractivity contribution >= 4 is 19.1 Å². The number of halogens is 6. The first-order valence-corrected chi connectivity index (χ1v) is 7.89. The summed E-state index contributed by atoms with van der Waals surface area (Å²) in [7, 11) is -10.7. The molecule has 0 unspecified atom stereocenters. The maximum atomic E-state index is 9.87. The van der Waals surface area contributed by atoms with Crippen molar-refractivity contribution < 1.29 is 29.7 Å². The van der Waals surface area contributed by atoms with E-state index in [-0.39, 0.29) is 0 Å². The zero-order chi connectivity index (χ0) is 14.6. The third-order valence-electron chi connectivity index (χ3n) is 1.74. The molecule has 0 N–H and O–H groups in total. The van der Waals surface area contributed by atoms with E-state index in [2.05, 4.69) is 45.9 Å². The fourth-order valence-corrected chi connectivity index (χ4v) is 1.74. The molecule has 0 bridgehead atoms. The third-order valence-corrected chi connectivity index (χ3v) is 2.41. The van der Waals surface area contributed by atoms with Crippen molar-refractivity contribution in [3.05, 3.63) is 53.0 Å². The molecule has 9 heteroatoms. The van der Waals surface area contributed by atoms with Crippen molar-refractivity contribution in [2.75, 3.05) is 0 Å². The Morgan fingerprint density at radius 1 is 0.947 bits per heavy atom. The van der Waals surface area contributed by atoms with Gasteiger partial charge in [0, 0.05) is 5.56 Å². The van der Waals surface area contributed by atoms with Crippen LogP contribution in [-0.4, -0.2) is 0 Å². The van der Waals surface area contributed by atoms with Gasteiger partial charge in [-0.3, -0.25) is 0 Å². The predicted octanol–water partition coefficient (Wildman–Crippen LogP) is 5.47. The first-order chi connectivity index (χ1) is 8.40. The van der Waals surface area contributed by atoms with Gasteiger partial charge in [-0.1, -0.05) is 41.7 Å². The van der Waals surface area contributed by atoms with E-state index in [1.807, 2.05) is 6.07 Å². The zero-order valence-electron chi connectivity index (χ0n) is 9.40. The number of hydrogen-bond acceptors (Lipinski definition) is 1. The molecule has 0 atom stereocenters.